The first-order chi connectivity index (χ1) is 13.9. The van der Waals surface area contributed by atoms with Crippen LogP contribution in [0.25, 0.3) is 0 Å². The van der Waals surface area contributed by atoms with Crippen molar-refractivity contribution in [3.63, 3.8) is 0 Å². The second-order valence-electron chi connectivity index (χ2n) is 7.00. The Morgan fingerprint density at radius 1 is 1.03 bits per heavy atom. The van der Waals surface area contributed by atoms with Gasteiger partial charge in [0.25, 0.3) is 5.91 Å². The van der Waals surface area contributed by atoms with Crippen LogP contribution in [0.2, 0.25) is 5.02 Å². The summed E-state index contributed by atoms with van der Waals surface area (Å²) in [6.07, 6.45) is 0.615. The fraction of sp³-hybridized carbons (Fsp3) is 0.350. The van der Waals surface area contributed by atoms with Crippen LogP contribution in [-0.2, 0) is 14.8 Å². The van der Waals surface area contributed by atoms with Crippen LogP contribution in [0, 0.1) is 0 Å². The summed E-state index contributed by atoms with van der Waals surface area (Å²) in [5.74, 6) is -0.119. The van der Waals surface area contributed by atoms with Crippen molar-refractivity contribution in [2.45, 2.75) is 6.42 Å². The molecule has 2 aromatic carbocycles. The summed E-state index contributed by atoms with van der Waals surface area (Å²) in [6.45, 7) is 3.22. The summed E-state index contributed by atoms with van der Waals surface area (Å²) < 4.78 is 30.9. The van der Waals surface area contributed by atoms with Gasteiger partial charge in [-0.1, -0.05) is 11.6 Å². The van der Waals surface area contributed by atoms with E-state index in [2.05, 4.69) is 10.2 Å². The topological polar surface area (TPSA) is 79.0 Å². The molecule has 0 aromatic heterocycles. The molecule has 2 aliphatic heterocycles. The van der Waals surface area contributed by atoms with Crippen LogP contribution in [0.5, 0.6) is 0 Å². The van der Waals surface area contributed by atoms with Gasteiger partial charge in [0, 0.05) is 30.2 Å². The molecule has 0 spiro atoms. The minimum absolute atomic E-state index is 0.161. The van der Waals surface area contributed by atoms with Crippen LogP contribution < -0.4 is 14.5 Å². The van der Waals surface area contributed by atoms with E-state index >= 15 is 0 Å². The lowest BCUT2D eigenvalue weighted by Crippen LogP contribution is -2.36. The number of hydrogen-bond donors (Lipinski definition) is 1. The van der Waals surface area contributed by atoms with Crippen molar-refractivity contribution in [2.24, 2.45) is 0 Å². The molecule has 2 fully saturated rings. The summed E-state index contributed by atoms with van der Waals surface area (Å²) >= 11 is 6.15. The number of carbonyl (C=O) groups excluding carboxylic acids is 1. The van der Waals surface area contributed by atoms with Crippen molar-refractivity contribution in [2.75, 3.05) is 53.1 Å². The lowest BCUT2D eigenvalue weighted by atomic mass is 10.1. The zero-order chi connectivity index (χ0) is 20.4. The quantitative estimate of drug-likeness (QED) is 0.798. The van der Waals surface area contributed by atoms with E-state index in [0.717, 1.165) is 18.8 Å². The van der Waals surface area contributed by atoms with Crippen LogP contribution in [0.4, 0.5) is 17.1 Å². The summed E-state index contributed by atoms with van der Waals surface area (Å²) in [7, 11) is -3.24. The molecule has 0 bridgehead atoms. The Morgan fingerprint density at radius 2 is 1.76 bits per heavy atom. The van der Waals surface area contributed by atoms with Gasteiger partial charge in [-0.15, -0.1) is 0 Å². The molecule has 2 aromatic rings. The first-order valence-electron chi connectivity index (χ1n) is 9.48. The van der Waals surface area contributed by atoms with Gasteiger partial charge in [-0.3, -0.25) is 9.10 Å². The largest absolute Gasteiger partial charge is 0.378 e. The number of benzene rings is 2. The van der Waals surface area contributed by atoms with Gasteiger partial charge >= 0.3 is 0 Å². The molecule has 2 saturated heterocycles. The third-order valence-corrected chi connectivity index (χ3v) is 7.18. The molecule has 9 heteroatoms. The Bertz CT molecular complexity index is 1000. The highest BCUT2D eigenvalue weighted by molar-refractivity contribution is 7.93. The number of nitrogens with one attached hydrogen (secondary N) is 1. The molecule has 0 saturated carbocycles. The number of nitrogens with zero attached hydrogens (tertiary/aromatic N) is 2. The lowest BCUT2D eigenvalue weighted by Gasteiger charge is -2.30. The normalized spacial score (nSPS) is 18.7. The van der Waals surface area contributed by atoms with Gasteiger partial charge < -0.3 is 15.0 Å². The highest BCUT2D eigenvalue weighted by atomic mass is 35.5. The van der Waals surface area contributed by atoms with Crippen LogP contribution in [0.3, 0.4) is 0 Å². The first kappa shape index (κ1) is 20.0. The highest BCUT2D eigenvalue weighted by Gasteiger charge is 2.28. The predicted octanol–water partition coefficient (Wildman–Crippen LogP) is 2.97. The molecule has 1 N–H and O–H groups in total. The maximum absolute atomic E-state index is 12.8. The van der Waals surface area contributed by atoms with Gasteiger partial charge in [0.05, 0.1) is 36.0 Å². The van der Waals surface area contributed by atoms with Gasteiger partial charge in [0.1, 0.15) is 0 Å². The smallest absolute Gasteiger partial charge is 0.255 e. The Kier molecular flexibility index (Phi) is 5.67. The van der Waals surface area contributed by atoms with E-state index in [1.165, 1.54) is 4.31 Å². The van der Waals surface area contributed by atoms with E-state index in [1.54, 1.807) is 36.4 Å². The van der Waals surface area contributed by atoms with E-state index in [4.69, 9.17) is 16.3 Å². The monoisotopic (exact) mass is 435 g/mol. The van der Waals surface area contributed by atoms with Crippen LogP contribution in [-0.4, -0.2) is 52.9 Å². The van der Waals surface area contributed by atoms with E-state index in [1.807, 2.05) is 6.07 Å². The Labute approximate surface area is 175 Å². The molecule has 29 heavy (non-hydrogen) atoms. The molecule has 0 unspecified atom stereocenters. The van der Waals surface area contributed by atoms with Gasteiger partial charge in [-0.2, -0.15) is 0 Å². The first-order valence-corrected chi connectivity index (χ1v) is 11.5. The van der Waals surface area contributed by atoms with Gasteiger partial charge in [-0.25, -0.2) is 8.42 Å². The Balaban J connectivity index is 1.53. The van der Waals surface area contributed by atoms with Crippen molar-refractivity contribution in [1.82, 2.24) is 0 Å². The standard InChI is InChI=1S/C20H22ClN3O4S/c21-16-4-7-19(23-9-11-28-12-10-23)18(14-16)22-20(25)15-2-5-17(6-3-15)24-8-1-13-29(24,26)27/h2-7,14H,1,8-13H2,(H,22,25). The second kappa shape index (κ2) is 8.22. The number of sulfonamides is 1. The molecule has 2 aliphatic rings. The molecule has 1 amide bonds. The van der Waals surface area contributed by atoms with E-state index < -0.39 is 10.0 Å². The molecular weight excluding hydrogens is 414 g/mol. The predicted molar refractivity (Wildman–Crippen MR) is 115 cm³/mol. The van der Waals surface area contributed by atoms with E-state index in [-0.39, 0.29) is 11.7 Å². The maximum Gasteiger partial charge on any atom is 0.255 e. The molecule has 4 rings (SSSR count). The average Bonchev–Trinajstić information content (AvgIpc) is 3.08. The fourth-order valence-corrected chi connectivity index (χ4v) is 5.33. The van der Waals surface area contributed by atoms with Gasteiger partial charge in [-0.05, 0) is 48.9 Å². The number of carbonyl (C=O) groups is 1. The zero-order valence-corrected chi connectivity index (χ0v) is 17.4. The summed E-state index contributed by atoms with van der Waals surface area (Å²) in [5, 5.41) is 3.47. The average molecular weight is 436 g/mol. The van der Waals surface area contributed by atoms with Crippen LogP contribution in [0.15, 0.2) is 42.5 Å². The SMILES string of the molecule is O=C(Nc1cc(Cl)ccc1N1CCOCC1)c1ccc(N2CCCS2(=O)=O)cc1. The van der Waals surface area contributed by atoms with Crippen molar-refractivity contribution < 1.29 is 17.9 Å². The van der Waals surface area contributed by atoms with Gasteiger partial charge in [0.2, 0.25) is 10.0 Å². The molecule has 7 nitrogen and oxygen atoms in total. The zero-order valence-electron chi connectivity index (χ0n) is 15.8. The third kappa shape index (κ3) is 4.34. The van der Waals surface area contributed by atoms with E-state index in [0.29, 0.717) is 48.1 Å². The molecule has 0 aliphatic carbocycles. The molecule has 0 atom stereocenters. The van der Waals surface area contributed by atoms with Crippen molar-refractivity contribution in [1.29, 1.82) is 0 Å². The number of halogens is 1. The summed E-state index contributed by atoms with van der Waals surface area (Å²) in [6, 6.07) is 12.0. The van der Waals surface area contributed by atoms with E-state index in [9.17, 15) is 13.2 Å². The van der Waals surface area contributed by atoms with Crippen LogP contribution >= 0.6 is 11.6 Å². The Morgan fingerprint density at radius 3 is 2.41 bits per heavy atom. The molecule has 2 heterocycles. The number of amides is 1. The number of morpholine rings is 1. The summed E-state index contributed by atoms with van der Waals surface area (Å²) in [4.78, 5) is 14.9. The number of anilines is 3. The van der Waals surface area contributed by atoms with Crippen molar-refractivity contribution >= 4 is 44.6 Å². The fourth-order valence-electron chi connectivity index (χ4n) is 3.59. The molecular formula is C20H22ClN3O4S. The number of ether oxygens (including phenoxy) is 1. The maximum atomic E-state index is 12.8. The van der Waals surface area contributed by atoms with Crippen molar-refractivity contribution in [3.8, 4) is 0 Å². The number of rotatable bonds is 4. The minimum atomic E-state index is -3.24. The lowest BCUT2D eigenvalue weighted by molar-refractivity contribution is 0.102. The number of hydrogen-bond acceptors (Lipinski definition) is 5. The second-order valence-corrected chi connectivity index (χ2v) is 9.45. The van der Waals surface area contributed by atoms with Crippen molar-refractivity contribution in [3.05, 3.63) is 53.1 Å². The highest BCUT2D eigenvalue weighted by Crippen LogP contribution is 2.31. The van der Waals surface area contributed by atoms with Gasteiger partial charge in [0.15, 0.2) is 0 Å². The Hall–Kier alpha value is -2.29. The third-order valence-electron chi connectivity index (χ3n) is 5.08. The summed E-state index contributed by atoms with van der Waals surface area (Å²) in [5.41, 5.74) is 2.55. The minimum Gasteiger partial charge on any atom is -0.378 e. The molecule has 154 valence electrons. The van der Waals surface area contributed by atoms with Crippen LogP contribution in [0.1, 0.15) is 16.8 Å². The molecule has 0 radical (unpaired) electrons.